The Labute approximate surface area is 214 Å². The third-order valence-electron chi connectivity index (χ3n) is 6.62. The van der Waals surface area contributed by atoms with Gasteiger partial charge in [-0.2, -0.15) is 0 Å². The quantitative estimate of drug-likeness (QED) is 0.442. The molecule has 0 atom stereocenters. The van der Waals surface area contributed by atoms with E-state index in [0.717, 1.165) is 30.3 Å². The molecule has 3 aromatic rings. The second kappa shape index (κ2) is 10.7. The molecule has 1 aromatic heterocycles. The van der Waals surface area contributed by atoms with E-state index in [1.54, 1.807) is 6.92 Å². The van der Waals surface area contributed by atoms with Gasteiger partial charge in [0.1, 0.15) is 17.2 Å². The number of amides is 1. The Balaban J connectivity index is 1.87. The maximum atomic E-state index is 15.7. The molecule has 0 bridgehead atoms. The number of aromatic hydroxyl groups is 2. The average molecular weight is 515 g/mol. The molecule has 1 aliphatic heterocycles. The number of carbonyl (C=O) groups is 1. The van der Waals surface area contributed by atoms with E-state index in [1.165, 1.54) is 18.2 Å². The van der Waals surface area contributed by atoms with Crippen LogP contribution in [0.3, 0.4) is 0 Å². The van der Waals surface area contributed by atoms with Gasteiger partial charge in [0.25, 0.3) is 5.91 Å². The first-order valence-corrected chi connectivity index (χ1v) is 12.4. The molecule has 0 saturated carbocycles. The summed E-state index contributed by atoms with van der Waals surface area (Å²) in [6, 6.07) is 5.10. The van der Waals surface area contributed by atoms with E-state index in [0.29, 0.717) is 24.3 Å². The second-order valence-corrected chi connectivity index (χ2v) is 9.30. The Morgan fingerprint density at radius 3 is 2.22 bits per heavy atom. The van der Waals surface area contributed by atoms with Crippen LogP contribution in [0, 0.1) is 11.6 Å². The van der Waals surface area contributed by atoms with Gasteiger partial charge < -0.3 is 25.3 Å². The van der Waals surface area contributed by atoms with Gasteiger partial charge in [0.15, 0.2) is 17.5 Å². The molecule has 9 nitrogen and oxygen atoms in total. The van der Waals surface area contributed by atoms with E-state index in [-0.39, 0.29) is 41.2 Å². The predicted molar refractivity (Wildman–Crippen MR) is 136 cm³/mol. The SMILES string of the molecule is CCNC(=O)c1nnc(-c2cc(C(C)C)c(O)cc2O)n1-c1c(F)cc(N2CCN(CC)CC2)cc1F. The number of nitrogens with zero attached hydrogens (tertiary/aromatic N) is 5. The lowest BCUT2D eigenvalue weighted by molar-refractivity contribution is 0.0943. The summed E-state index contributed by atoms with van der Waals surface area (Å²) in [6.07, 6.45) is 0. The molecule has 2 aromatic carbocycles. The van der Waals surface area contributed by atoms with Crippen molar-refractivity contribution in [1.29, 1.82) is 0 Å². The molecule has 0 spiro atoms. The lowest BCUT2D eigenvalue weighted by atomic mass is 9.98. The molecule has 11 heteroatoms. The van der Waals surface area contributed by atoms with Crippen LogP contribution in [-0.2, 0) is 0 Å². The Hall–Kier alpha value is -3.73. The summed E-state index contributed by atoms with van der Waals surface area (Å²) in [4.78, 5) is 17.0. The van der Waals surface area contributed by atoms with Crippen molar-refractivity contribution in [1.82, 2.24) is 25.0 Å². The Morgan fingerprint density at radius 2 is 1.65 bits per heavy atom. The zero-order valence-electron chi connectivity index (χ0n) is 21.4. The first-order valence-electron chi connectivity index (χ1n) is 12.4. The molecule has 4 rings (SSSR count). The largest absolute Gasteiger partial charge is 0.508 e. The maximum absolute atomic E-state index is 15.7. The van der Waals surface area contributed by atoms with Crippen molar-refractivity contribution in [3.05, 3.63) is 47.3 Å². The highest BCUT2D eigenvalue weighted by atomic mass is 19.1. The van der Waals surface area contributed by atoms with Gasteiger partial charge in [0.05, 0.1) is 5.56 Å². The van der Waals surface area contributed by atoms with Gasteiger partial charge in [-0.25, -0.2) is 8.78 Å². The van der Waals surface area contributed by atoms with Gasteiger partial charge >= 0.3 is 0 Å². The summed E-state index contributed by atoms with van der Waals surface area (Å²) >= 11 is 0. The van der Waals surface area contributed by atoms with Crippen molar-refractivity contribution in [2.45, 2.75) is 33.6 Å². The van der Waals surface area contributed by atoms with E-state index >= 15 is 8.78 Å². The van der Waals surface area contributed by atoms with Gasteiger partial charge in [-0.1, -0.05) is 20.8 Å². The Morgan fingerprint density at radius 1 is 1.00 bits per heavy atom. The number of phenols is 2. The van der Waals surface area contributed by atoms with Gasteiger partial charge in [-0.05, 0) is 43.1 Å². The zero-order chi connectivity index (χ0) is 26.9. The fraction of sp³-hybridized carbons (Fsp3) is 0.423. The average Bonchev–Trinajstić information content (AvgIpc) is 3.28. The number of anilines is 1. The number of rotatable bonds is 7. The minimum absolute atomic E-state index is 0.0723. The van der Waals surface area contributed by atoms with Crippen LogP contribution >= 0.6 is 0 Å². The van der Waals surface area contributed by atoms with Crippen LogP contribution in [0.2, 0.25) is 0 Å². The third-order valence-corrected chi connectivity index (χ3v) is 6.62. The normalized spacial score (nSPS) is 14.4. The van der Waals surface area contributed by atoms with Crippen LogP contribution in [0.25, 0.3) is 17.1 Å². The Kier molecular flexibility index (Phi) is 7.63. The lowest BCUT2D eigenvalue weighted by Gasteiger charge is -2.35. The molecule has 0 aliphatic carbocycles. The highest BCUT2D eigenvalue weighted by Crippen LogP contribution is 2.39. The highest BCUT2D eigenvalue weighted by Gasteiger charge is 2.29. The standard InChI is InChI=1S/C26H32F2N6O3/c1-5-29-26(37)25-31-30-24(18-13-17(15(3)4)21(35)14-22(18)36)34(25)23-19(27)11-16(12-20(23)28)33-9-7-32(6-2)8-10-33/h11-15,35-36H,5-10H2,1-4H3,(H,29,37). The van der Waals surface area contributed by atoms with Crippen molar-refractivity contribution < 1.29 is 23.8 Å². The smallest absolute Gasteiger partial charge is 0.289 e. The summed E-state index contributed by atoms with van der Waals surface area (Å²) < 4.78 is 32.3. The molecule has 0 radical (unpaired) electrons. The van der Waals surface area contributed by atoms with Crippen molar-refractivity contribution in [3.8, 4) is 28.6 Å². The molecular weight excluding hydrogens is 482 g/mol. The lowest BCUT2D eigenvalue weighted by Crippen LogP contribution is -2.46. The van der Waals surface area contributed by atoms with Gasteiger partial charge in [-0.15, -0.1) is 10.2 Å². The molecule has 3 N–H and O–H groups in total. The summed E-state index contributed by atoms with van der Waals surface area (Å²) in [5, 5.41) is 31.4. The number of halogens is 2. The number of nitrogens with one attached hydrogen (secondary N) is 1. The Bertz CT molecular complexity index is 1280. The summed E-state index contributed by atoms with van der Waals surface area (Å²) in [6.45, 7) is 11.5. The molecule has 1 amide bonds. The van der Waals surface area contributed by atoms with E-state index in [4.69, 9.17) is 0 Å². The first-order chi connectivity index (χ1) is 17.7. The third kappa shape index (κ3) is 5.08. The van der Waals surface area contributed by atoms with Crippen LogP contribution in [0.4, 0.5) is 14.5 Å². The number of likely N-dealkylation sites (N-methyl/N-ethyl adjacent to an activating group) is 1. The van der Waals surface area contributed by atoms with Gasteiger partial charge in [0.2, 0.25) is 5.82 Å². The molecular formula is C26H32F2N6O3. The van der Waals surface area contributed by atoms with E-state index in [1.807, 2.05) is 18.7 Å². The minimum atomic E-state index is -0.901. The van der Waals surface area contributed by atoms with Crippen LogP contribution in [0.1, 0.15) is 49.8 Å². The minimum Gasteiger partial charge on any atom is -0.508 e. The monoisotopic (exact) mass is 514 g/mol. The highest BCUT2D eigenvalue weighted by molar-refractivity contribution is 5.92. The van der Waals surface area contributed by atoms with E-state index in [2.05, 4.69) is 27.3 Å². The maximum Gasteiger partial charge on any atom is 0.289 e. The molecule has 1 fully saturated rings. The number of aromatic nitrogens is 3. The molecule has 198 valence electrons. The number of hydrogen-bond acceptors (Lipinski definition) is 7. The van der Waals surface area contributed by atoms with Crippen LogP contribution in [-0.4, -0.2) is 75.1 Å². The molecule has 1 aliphatic rings. The number of hydrogen-bond donors (Lipinski definition) is 3. The number of carbonyl (C=O) groups excluding carboxylic acids is 1. The van der Waals surface area contributed by atoms with Gasteiger partial charge in [-0.3, -0.25) is 9.36 Å². The van der Waals surface area contributed by atoms with Crippen molar-refractivity contribution in [2.75, 3.05) is 44.2 Å². The van der Waals surface area contributed by atoms with Crippen molar-refractivity contribution in [3.63, 3.8) is 0 Å². The summed E-state index contributed by atoms with van der Waals surface area (Å²) in [7, 11) is 0. The second-order valence-electron chi connectivity index (χ2n) is 9.30. The molecule has 1 saturated heterocycles. The fourth-order valence-corrected chi connectivity index (χ4v) is 4.56. The zero-order valence-corrected chi connectivity index (χ0v) is 21.4. The molecule has 2 heterocycles. The summed E-state index contributed by atoms with van der Waals surface area (Å²) in [5.74, 6) is -3.58. The van der Waals surface area contributed by atoms with Gasteiger partial charge in [0, 0.05) is 44.5 Å². The predicted octanol–water partition coefficient (Wildman–Crippen LogP) is 3.64. The van der Waals surface area contributed by atoms with E-state index in [9.17, 15) is 15.0 Å². The molecule has 37 heavy (non-hydrogen) atoms. The number of benzene rings is 2. The van der Waals surface area contributed by atoms with Crippen molar-refractivity contribution >= 4 is 11.6 Å². The van der Waals surface area contributed by atoms with Crippen LogP contribution in [0.5, 0.6) is 11.5 Å². The van der Waals surface area contributed by atoms with Crippen molar-refractivity contribution in [2.24, 2.45) is 0 Å². The summed E-state index contributed by atoms with van der Waals surface area (Å²) in [5.41, 5.74) is 0.432. The van der Waals surface area contributed by atoms with Crippen LogP contribution < -0.4 is 10.2 Å². The van der Waals surface area contributed by atoms with E-state index < -0.39 is 23.2 Å². The molecule has 0 unspecified atom stereocenters. The topological polar surface area (TPSA) is 107 Å². The van der Waals surface area contributed by atoms with Crippen LogP contribution in [0.15, 0.2) is 24.3 Å². The number of piperazine rings is 1. The first kappa shape index (κ1) is 26.3. The number of phenolic OH excluding ortho intramolecular Hbond substituents is 2. The fourth-order valence-electron chi connectivity index (χ4n) is 4.56.